The predicted octanol–water partition coefficient (Wildman–Crippen LogP) is 2.17. The molecule has 0 saturated carbocycles. The average Bonchev–Trinajstić information content (AvgIpc) is 2.68. The Bertz CT molecular complexity index is 827. The molecule has 6 nitrogen and oxygen atoms in total. The van der Waals surface area contributed by atoms with Gasteiger partial charge in [0.15, 0.2) is 0 Å². The summed E-state index contributed by atoms with van der Waals surface area (Å²) in [6.45, 7) is 6.16. The summed E-state index contributed by atoms with van der Waals surface area (Å²) in [5.74, 6) is -0.913. The first-order valence-electron chi connectivity index (χ1n) is 9.72. The first kappa shape index (κ1) is 21.4. The highest BCUT2D eigenvalue weighted by molar-refractivity contribution is 5.93. The molecule has 0 heterocycles. The Kier molecular flexibility index (Phi) is 7.99. The van der Waals surface area contributed by atoms with Crippen molar-refractivity contribution >= 4 is 28.5 Å². The molecule has 0 aromatic heterocycles. The maximum Gasteiger partial charge on any atom is 0.243 e. The van der Waals surface area contributed by atoms with Crippen LogP contribution in [0.3, 0.4) is 0 Å². The third kappa shape index (κ3) is 6.08. The van der Waals surface area contributed by atoms with Crippen molar-refractivity contribution in [1.82, 2.24) is 16.0 Å². The van der Waals surface area contributed by atoms with E-state index >= 15 is 0 Å². The third-order valence-electron chi connectivity index (χ3n) is 4.49. The van der Waals surface area contributed by atoms with Gasteiger partial charge >= 0.3 is 0 Å². The van der Waals surface area contributed by atoms with E-state index in [4.69, 9.17) is 0 Å². The van der Waals surface area contributed by atoms with Crippen molar-refractivity contribution in [1.29, 1.82) is 0 Å². The first-order chi connectivity index (χ1) is 13.4. The average molecular weight is 383 g/mol. The molecule has 0 spiro atoms. The van der Waals surface area contributed by atoms with Gasteiger partial charge < -0.3 is 16.0 Å². The molecule has 3 amide bonds. The highest BCUT2D eigenvalue weighted by atomic mass is 16.2. The maximum atomic E-state index is 12.6. The highest BCUT2D eigenvalue weighted by Crippen LogP contribution is 2.19. The Balaban J connectivity index is 1.98. The second kappa shape index (κ2) is 10.4. The number of amides is 3. The number of carbonyl (C=O) groups is 3. The van der Waals surface area contributed by atoms with Crippen LogP contribution in [0.15, 0.2) is 42.5 Å². The standard InChI is InChI=1S/C22H29N3O3/c1-4-12-23-20(27)14-24-22(28)21(15(2)3)25-19(26)13-17-10-7-9-16-8-5-6-11-18(16)17/h5-11,15,21H,4,12-14H2,1-3H3,(H,23,27)(H,24,28)(H,25,26)/t21-/m0/s1. The second-order valence-electron chi connectivity index (χ2n) is 7.17. The number of nitrogens with one attached hydrogen (secondary N) is 3. The van der Waals surface area contributed by atoms with Crippen molar-refractivity contribution in [2.75, 3.05) is 13.1 Å². The van der Waals surface area contributed by atoms with Gasteiger partial charge in [0.25, 0.3) is 0 Å². The van der Waals surface area contributed by atoms with Crippen LogP contribution in [-0.4, -0.2) is 36.9 Å². The Hall–Kier alpha value is -2.89. The SMILES string of the molecule is CCCNC(=O)CNC(=O)[C@@H](NC(=O)Cc1cccc2ccccc12)C(C)C. The summed E-state index contributed by atoms with van der Waals surface area (Å²) >= 11 is 0. The van der Waals surface area contributed by atoms with E-state index in [9.17, 15) is 14.4 Å². The van der Waals surface area contributed by atoms with E-state index in [1.54, 1.807) is 0 Å². The number of rotatable bonds is 9. The van der Waals surface area contributed by atoms with Crippen LogP contribution in [-0.2, 0) is 20.8 Å². The minimum Gasteiger partial charge on any atom is -0.355 e. The summed E-state index contributed by atoms with van der Waals surface area (Å²) in [5.41, 5.74) is 0.914. The van der Waals surface area contributed by atoms with E-state index in [2.05, 4.69) is 16.0 Å². The molecule has 2 aromatic rings. The molecule has 1 atom stereocenters. The highest BCUT2D eigenvalue weighted by Gasteiger charge is 2.24. The summed E-state index contributed by atoms with van der Waals surface area (Å²) in [4.78, 5) is 36.7. The van der Waals surface area contributed by atoms with Crippen molar-refractivity contribution < 1.29 is 14.4 Å². The van der Waals surface area contributed by atoms with E-state index < -0.39 is 6.04 Å². The monoisotopic (exact) mass is 383 g/mol. The fourth-order valence-electron chi connectivity index (χ4n) is 2.98. The summed E-state index contributed by atoms with van der Waals surface area (Å²) < 4.78 is 0. The largest absolute Gasteiger partial charge is 0.355 e. The normalized spacial score (nSPS) is 11.9. The van der Waals surface area contributed by atoms with Gasteiger partial charge in [-0.15, -0.1) is 0 Å². The van der Waals surface area contributed by atoms with Crippen molar-refractivity contribution in [3.05, 3.63) is 48.0 Å². The van der Waals surface area contributed by atoms with Crippen LogP contribution in [0.5, 0.6) is 0 Å². The van der Waals surface area contributed by atoms with E-state index in [0.29, 0.717) is 6.54 Å². The quantitative estimate of drug-likeness (QED) is 0.620. The van der Waals surface area contributed by atoms with Gasteiger partial charge in [-0.25, -0.2) is 0 Å². The van der Waals surface area contributed by atoms with Gasteiger partial charge in [-0.3, -0.25) is 14.4 Å². The summed E-state index contributed by atoms with van der Waals surface area (Å²) in [7, 11) is 0. The van der Waals surface area contributed by atoms with Gasteiger partial charge in [0.2, 0.25) is 17.7 Å². The minimum atomic E-state index is -0.693. The number of fused-ring (bicyclic) bond motifs is 1. The molecule has 0 radical (unpaired) electrons. The molecule has 2 rings (SSSR count). The van der Waals surface area contributed by atoms with E-state index in [0.717, 1.165) is 22.8 Å². The fraction of sp³-hybridized carbons (Fsp3) is 0.409. The Morgan fingerprint density at radius 3 is 2.36 bits per heavy atom. The molecule has 6 heteroatoms. The number of carbonyl (C=O) groups excluding carboxylic acids is 3. The number of hydrogen-bond donors (Lipinski definition) is 3. The van der Waals surface area contributed by atoms with Gasteiger partial charge in [0.05, 0.1) is 13.0 Å². The van der Waals surface area contributed by atoms with Crippen LogP contribution in [0.4, 0.5) is 0 Å². The second-order valence-corrected chi connectivity index (χ2v) is 7.17. The van der Waals surface area contributed by atoms with Crippen molar-refractivity contribution in [2.24, 2.45) is 5.92 Å². The van der Waals surface area contributed by atoms with Crippen molar-refractivity contribution in [3.63, 3.8) is 0 Å². The zero-order chi connectivity index (χ0) is 20.5. The zero-order valence-corrected chi connectivity index (χ0v) is 16.7. The summed E-state index contributed by atoms with van der Waals surface area (Å²) in [6.07, 6.45) is 1.02. The van der Waals surface area contributed by atoms with E-state index in [1.807, 2.05) is 63.2 Å². The smallest absolute Gasteiger partial charge is 0.243 e. The van der Waals surface area contributed by atoms with Gasteiger partial charge in [0, 0.05) is 6.54 Å². The molecule has 0 fully saturated rings. The van der Waals surface area contributed by atoms with Gasteiger partial charge in [-0.05, 0) is 28.7 Å². The van der Waals surface area contributed by atoms with Gasteiger partial charge in [0.1, 0.15) is 6.04 Å². The molecule has 0 aliphatic rings. The first-order valence-corrected chi connectivity index (χ1v) is 9.72. The molecule has 0 aliphatic carbocycles. The van der Waals surface area contributed by atoms with Gasteiger partial charge in [-0.1, -0.05) is 63.2 Å². The lowest BCUT2D eigenvalue weighted by Crippen LogP contribution is -2.51. The Morgan fingerprint density at radius 1 is 0.929 bits per heavy atom. The van der Waals surface area contributed by atoms with Crippen LogP contribution < -0.4 is 16.0 Å². The van der Waals surface area contributed by atoms with E-state index in [-0.39, 0.29) is 36.6 Å². The van der Waals surface area contributed by atoms with Crippen LogP contribution in [0.1, 0.15) is 32.8 Å². The molecular formula is C22H29N3O3. The fourth-order valence-corrected chi connectivity index (χ4v) is 2.98. The molecular weight excluding hydrogens is 354 g/mol. The van der Waals surface area contributed by atoms with Gasteiger partial charge in [-0.2, -0.15) is 0 Å². The molecule has 0 saturated heterocycles. The summed E-state index contributed by atoms with van der Waals surface area (Å²) in [5, 5.41) is 10.2. The predicted molar refractivity (Wildman–Crippen MR) is 111 cm³/mol. The zero-order valence-electron chi connectivity index (χ0n) is 16.7. The van der Waals surface area contributed by atoms with E-state index in [1.165, 1.54) is 0 Å². The molecule has 2 aromatic carbocycles. The molecule has 0 unspecified atom stereocenters. The maximum absolute atomic E-state index is 12.6. The minimum absolute atomic E-state index is 0.0960. The molecule has 0 aliphatic heterocycles. The van der Waals surface area contributed by atoms with Crippen LogP contribution in [0.2, 0.25) is 0 Å². The summed E-state index contributed by atoms with van der Waals surface area (Å²) in [6, 6.07) is 13.0. The van der Waals surface area contributed by atoms with Crippen LogP contribution in [0, 0.1) is 5.92 Å². The Labute approximate surface area is 166 Å². The number of benzene rings is 2. The lowest BCUT2D eigenvalue weighted by Gasteiger charge is -2.22. The van der Waals surface area contributed by atoms with Crippen molar-refractivity contribution in [3.8, 4) is 0 Å². The van der Waals surface area contributed by atoms with Crippen molar-refractivity contribution in [2.45, 2.75) is 39.7 Å². The topological polar surface area (TPSA) is 87.3 Å². The molecule has 0 bridgehead atoms. The third-order valence-corrected chi connectivity index (χ3v) is 4.49. The lowest BCUT2D eigenvalue weighted by molar-refractivity contribution is -0.131. The van der Waals surface area contributed by atoms with Crippen LogP contribution in [0.25, 0.3) is 10.8 Å². The van der Waals surface area contributed by atoms with Crippen LogP contribution >= 0.6 is 0 Å². The molecule has 28 heavy (non-hydrogen) atoms. The molecule has 150 valence electrons. The number of hydrogen-bond acceptors (Lipinski definition) is 3. The lowest BCUT2D eigenvalue weighted by atomic mass is 10.0. The molecule has 3 N–H and O–H groups in total. The Morgan fingerprint density at radius 2 is 1.64 bits per heavy atom.